The zero-order chi connectivity index (χ0) is 14.3. The lowest BCUT2D eigenvalue weighted by molar-refractivity contribution is 0.0980. The van der Waals surface area contributed by atoms with Crippen molar-refractivity contribution in [3.63, 3.8) is 0 Å². The van der Waals surface area contributed by atoms with Gasteiger partial charge in [0.2, 0.25) is 0 Å². The molecule has 0 saturated heterocycles. The van der Waals surface area contributed by atoms with Crippen molar-refractivity contribution in [2.45, 2.75) is 6.42 Å². The fourth-order valence-electron chi connectivity index (χ4n) is 2.28. The van der Waals surface area contributed by atoms with Crippen LogP contribution in [0.1, 0.15) is 15.9 Å². The summed E-state index contributed by atoms with van der Waals surface area (Å²) in [4.78, 5) is 18.3. The number of hydrogen-bond acceptors (Lipinski definition) is 2. The second-order valence-electron chi connectivity index (χ2n) is 4.46. The molecule has 2 heterocycles. The van der Waals surface area contributed by atoms with Crippen LogP contribution in [-0.4, -0.2) is 17.4 Å². The van der Waals surface area contributed by atoms with E-state index >= 15 is 0 Å². The van der Waals surface area contributed by atoms with E-state index in [9.17, 15) is 4.79 Å². The summed E-state index contributed by atoms with van der Waals surface area (Å²) in [5.41, 5.74) is 2.25. The summed E-state index contributed by atoms with van der Waals surface area (Å²) in [5, 5.41) is 1.14. The smallest absolute Gasteiger partial charge is 0.258 e. The Morgan fingerprint density at radius 1 is 1.25 bits per heavy atom. The molecule has 102 valence electrons. The van der Waals surface area contributed by atoms with Gasteiger partial charge in [0.25, 0.3) is 5.91 Å². The summed E-state index contributed by atoms with van der Waals surface area (Å²) >= 11 is 15.5. The van der Waals surface area contributed by atoms with Gasteiger partial charge in [-0.3, -0.25) is 9.78 Å². The maximum atomic E-state index is 12.6. The maximum absolute atomic E-state index is 12.6. The lowest BCUT2D eigenvalue weighted by atomic mass is 9.99. The van der Waals surface area contributed by atoms with Crippen molar-refractivity contribution in [3.8, 4) is 0 Å². The van der Waals surface area contributed by atoms with E-state index in [2.05, 4.69) is 20.9 Å². The monoisotopic (exact) mass is 370 g/mol. The molecule has 0 radical (unpaired) electrons. The highest BCUT2D eigenvalue weighted by atomic mass is 79.9. The van der Waals surface area contributed by atoms with Crippen LogP contribution in [0.3, 0.4) is 0 Å². The van der Waals surface area contributed by atoms with Crippen LogP contribution >= 0.6 is 39.1 Å². The molecule has 0 spiro atoms. The normalized spacial score (nSPS) is 14.3. The predicted molar refractivity (Wildman–Crippen MR) is 83.8 cm³/mol. The summed E-state index contributed by atoms with van der Waals surface area (Å²) in [6, 6.07) is 5.32. The molecule has 1 amide bonds. The molecular weight excluding hydrogens is 363 g/mol. The van der Waals surface area contributed by atoms with E-state index in [-0.39, 0.29) is 5.91 Å². The number of carbonyl (C=O) groups excluding carboxylic acids is 1. The maximum Gasteiger partial charge on any atom is 0.258 e. The Labute approximate surface area is 134 Å². The highest BCUT2D eigenvalue weighted by Crippen LogP contribution is 2.34. The number of carbonyl (C=O) groups is 1. The van der Waals surface area contributed by atoms with Gasteiger partial charge in [-0.2, -0.15) is 0 Å². The van der Waals surface area contributed by atoms with E-state index in [1.165, 1.54) is 0 Å². The third kappa shape index (κ3) is 2.32. The second kappa shape index (κ2) is 5.35. The van der Waals surface area contributed by atoms with E-state index in [0.717, 1.165) is 12.0 Å². The lowest BCUT2D eigenvalue weighted by Crippen LogP contribution is -2.37. The van der Waals surface area contributed by atoms with Gasteiger partial charge in [0.15, 0.2) is 0 Å². The van der Waals surface area contributed by atoms with Gasteiger partial charge in [-0.25, -0.2) is 0 Å². The van der Waals surface area contributed by atoms with Crippen molar-refractivity contribution in [2.24, 2.45) is 0 Å². The number of benzene rings is 1. The minimum Gasteiger partial charge on any atom is -0.305 e. The van der Waals surface area contributed by atoms with E-state index in [4.69, 9.17) is 23.2 Å². The molecule has 0 aliphatic carbocycles. The SMILES string of the molecule is O=C1c2ccc(Cl)cc2CCN1c1cncc(Br)c1Cl. The Hall–Kier alpha value is -1.10. The van der Waals surface area contributed by atoms with Gasteiger partial charge in [0.05, 0.1) is 21.4 Å². The number of aromatic nitrogens is 1. The fraction of sp³-hybridized carbons (Fsp3) is 0.143. The first-order chi connectivity index (χ1) is 9.58. The second-order valence-corrected chi connectivity index (χ2v) is 6.13. The Kier molecular flexibility index (Phi) is 3.71. The molecule has 6 heteroatoms. The van der Waals surface area contributed by atoms with Crippen LogP contribution in [0.4, 0.5) is 5.69 Å². The van der Waals surface area contributed by atoms with Crippen molar-refractivity contribution in [3.05, 3.63) is 56.2 Å². The third-order valence-corrected chi connectivity index (χ3v) is 4.72. The Morgan fingerprint density at radius 3 is 2.85 bits per heavy atom. The number of nitrogens with zero attached hydrogens (tertiary/aromatic N) is 2. The Bertz CT molecular complexity index is 706. The van der Waals surface area contributed by atoms with E-state index in [1.807, 2.05) is 6.07 Å². The number of rotatable bonds is 1. The van der Waals surface area contributed by atoms with Gasteiger partial charge in [-0.15, -0.1) is 0 Å². The Balaban J connectivity index is 2.04. The molecule has 3 nitrogen and oxygen atoms in total. The average molecular weight is 372 g/mol. The van der Waals surface area contributed by atoms with E-state index in [1.54, 1.807) is 29.4 Å². The molecule has 20 heavy (non-hydrogen) atoms. The molecule has 1 aliphatic heterocycles. The summed E-state index contributed by atoms with van der Waals surface area (Å²) < 4.78 is 0.673. The number of hydrogen-bond donors (Lipinski definition) is 0. The lowest BCUT2D eigenvalue weighted by Gasteiger charge is -2.29. The number of amides is 1. The minimum absolute atomic E-state index is 0.0790. The van der Waals surface area contributed by atoms with Crippen molar-refractivity contribution in [1.29, 1.82) is 0 Å². The van der Waals surface area contributed by atoms with Gasteiger partial charge in [0, 0.05) is 23.3 Å². The number of fused-ring (bicyclic) bond motifs is 1. The molecule has 1 aromatic heterocycles. The van der Waals surface area contributed by atoms with Crippen LogP contribution in [0.25, 0.3) is 0 Å². The molecule has 0 N–H and O–H groups in total. The molecule has 0 atom stereocenters. The van der Waals surface area contributed by atoms with Crippen LogP contribution in [-0.2, 0) is 6.42 Å². The molecule has 3 rings (SSSR count). The molecule has 2 aromatic rings. The van der Waals surface area contributed by atoms with E-state index < -0.39 is 0 Å². The molecule has 0 unspecified atom stereocenters. The zero-order valence-corrected chi connectivity index (χ0v) is 13.3. The molecular formula is C14H9BrCl2N2O. The average Bonchev–Trinajstić information content (AvgIpc) is 2.43. The summed E-state index contributed by atoms with van der Waals surface area (Å²) in [6.07, 6.45) is 3.95. The van der Waals surface area contributed by atoms with Gasteiger partial charge in [0.1, 0.15) is 0 Å². The highest BCUT2D eigenvalue weighted by Gasteiger charge is 2.27. The molecule has 0 bridgehead atoms. The highest BCUT2D eigenvalue weighted by molar-refractivity contribution is 9.10. The molecule has 1 aromatic carbocycles. The van der Waals surface area contributed by atoms with Crippen LogP contribution in [0.5, 0.6) is 0 Å². The molecule has 0 fully saturated rings. The van der Waals surface area contributed by atoms with E-state index in [0.29, 0.717) is 32.3 Å². The van der Waals surface area contributed by atoms with Gasteiger partial charge < -0.3 is 4.90 Å². The largest absolute Gasteiger partial charge is 0.305 e. The molecule has 0 saturated carbocycles. The molecule has 1 aliphatic rings. The number of anilines is 1. The van der Waals surface area contributed by atoms with Gasteiger partial charge >= 0.3 is 0 Å². The third-order valence-electron chi connectivity index (χ3n) is 3.26. The zero-order valence-electron chi connectivity index (χ0n) is 10.2. The number of pyridine rings is 1. The summed E-state index contributed by atoms with van der Waals surface area (Å²) in [5.74, 6) is -0.0790. The summed E-state index contributed by atoms with van der Waals surface area (Å²) in [7, 11) is 0. The van der Waals surface area contributed by atoms with Gasteiger partial charge in [-0.05, 0) is 46.1 Å². The summed E-state index contributed by atoms with van der Waals surface area (Å²) in [6.45, 7) is 0.560. The van der Waals surface area contributed by atoms with Crippen molar-refractivity contribution < 1.29 is 4.79 Å². The number of halogens is 3. The fourth-order valence-corrected chi connectivity index (χ4v) is 3.00. The van der Waals surface area contributed by atoms with Crippen LogP contribution in [0.15, 0.2) is 35.1 Å². The van der Waals surface area contributed by atoms with Gasteiger partial charge in [-0.1, -0.05) is 23.2 Å². The first-order valence-corrected chi connectivity index (χ1v) is 7.52. The van der Waals surface area contributed by atoms with Crippen molar-refractivity contribution in [1.82, 2.24) is 4.98 Å². The van der Waals surface area contributed by atoms with Crippen LogP contribution in [0.2, 0.25) is 10.0 Å². The first kappa shape index (κ1) is 13.9. The van der Waals surface area contributed by atoms with Crippen molar-refractivity contribution in [2.75, 3.05) is 11.4 Å². The van der Waals surface area contributed by atoms with Crippen molar-refractivity contribution >= 4 is 50.7 Å². The quantitative estimate of drug-likeness (QED) is 0.746. The van der Waals surface area contributed by atoms with Crippen LogP contribution in [0, 0.1) is 0 Å². The topological polar surface area (TPSA) is 33.2 Å². The predicted octanol–water partition coefficient (Wildman–Crippen LogP) is 4.35. The standard InChI is InChI=1S/C14H9BrCl2N2O/c15-11-6-18-7-12(13(11)17)19-4-3-8-5-9(16)1-2-10(8)14(19)20/h1-2,5-7H,3-4H2. The Morgan fingerprint density at radius 2 is 2.05 bits per heavy atom. The minimum atomic E-state index is -0.0790. The first-order valence-electron chi connectivity index (χ1n) is 5.97. The van der Waals surface area contributed by atoms with Crippen LogP contribution < -0.4 is 4.90 Å².